The molecule has 0 radical (unpaired) electrons. The Hall–Kier alpha value is -1.85. The Balaban J connectivity index is 1.76. The second kappa shape index (κ2) is 4.44. The quantitative estimate of drug-likeness (QED) is 0.801. The standard InChI is InChI=1S/C12H16N4O2/c1-2-3-10-13-11(18-14-10)8-15-6-7-16(12(15)17)9-4-5-9/h6-7,9H,2-5,8H2,1H3. The smallest absolute Gasteiger partial charge is 0.328 e. The first kappa shape index (κ1) is 11.3. The van der Waals surface area contributed by atoms with E-state index in [0.29, 0.717) is 24.3 Å². The van der Waals surface area contributed by atoms with Gasteiger partial charge >= 0.3 is 5.69 Å². The summed E-state index contributed by atoms with van der Waals surface area (Å²) in [7, 11) is 0. The third-order valence-corrected chi connectivity index (χ3v) is 3.10. The molecule has 3 rings (SSSR count). The monoisotopic (exact) mass is 248 g/mol. The maximum atomic E-state index is 12.0. The summed E-state index contributed by atoms with van der Waals surface area (Å²) in [4.78, 5) is 16.3. The fraction of sp³-hybridized carbons (Fsp3) is 0.583. The van der Waals surface area contributed by atoms with Crippen molar-refractivity contribution in [2.75, 3.05) is 0 Å². The van der Waals surface area contributed by atoms with E-state index in [4.69, 9.17) is 4.52 Å². The topological polar surface area (TPSA) is 65.8 Å². The number of aryl methyl sites for hydroxylation is 1. The molecule has 1 saturated carbocycles. The van der Waals surface area contributed by atoms with Gasteiger partial charge in [-0.05, 0) is 19.3 Å². The summed E-state index contributed by atoms with van der Waals surface area (Å²) in [6, 6.07) is 0.400. The maximum Gasteiger partial charge on any atom is 0.328 e. The Morgan fingerprint density at radius 3 is 3.00 bits per heavy atom. The van der Waals surface area contributed by atoms with Crippen LogP contribution >= 0.6 is 0 Å². The number of rotatable bonds is 5. The largest absolute Gasteiger partial charge is 0.337 e. The summed E-state index contributed by atoms with van der Waals surface area (Å²) in [6.07, 6.45) is 7.61. The van der Waals surface area contributed by atoms with Gasteiger partial charge in [0.15, 0.2) is 5.82 Å². The Morgan fingerprint density at radius 1 is 1.44 bits per heavy atom. The molecule has 2 aromatic rings. The number of nitrogens with zero attached hydrogens (tertiary/aromatic N) is 4. The molecule has 1 aliphatic rings. The van der Waals surface area contributed by atoms with E-state index >= 15 is 0 Å². The molecule has 1 aliphatic carbocycles. The summed E-state index contributed by atoms with van der Waals surface area (Å²) in [5.41, 5.74) is 0.00717. The lowest BCUT2D eigenvalue weighted by Crippen LogP contribution is -2.23. The van der Waals surface area contributed by atoms with Crippen molar-refractivity contribution in [1.82, 2.24) is 19.3 Å². The van der Waals surface area contributed by atoms with Crippen LogP contribution < -0.4 is 5.69 Å². The molecule has 2 aromatic heterocycles. The molecule has 18 heavy (non-hydrogen) atoms. The van der Waals surface area contributed by atoms with Gasteiger partial charge in [-0.3, -0.25) is 9.13 Å². The van der Waals surface area contributed by atoms with Crippen molar-refractivity contribution >= 4 is 0 Å². The van der Waals surface area contributed by atoms with Gasteiger partial charge in [-0.25, -0.2) is 4.79 Å². The first-order chi connectivity index (χ1) is 8.78. The first-order valence-corrected chi connectivity index (χ1v) is 6.36. The number of hydrogen-bond donors (Lipinski definition) is 0. The third kappa shape index (κ3) is 2.10. The van der Waals surface area contributed by atoms with Gasteiger partial charge in [0.05, 0.1) is 0 Å². The van der Waals surface area contributed by atoms with Crippen LogP contribution in [0.25, 0.3) is 0 Å². The molecule has 0 aromatic carbocycles. The Morgan fingerprint density at radius 2 is 2.28 bits per heavy atom. The molecule has 0 bridgehead atoms. The van der Waals surface area contributed by atoms with E-state index in [0.717, 1.165) is 25.7 Å². The molecule has 0 atom stereocenters. The van der Waals surface area contributed by atoms with Gasteiger partial charge < -0.3 is 4.52 Å². The number of hydrogen-bond acceptors (Lipinski definition) is 4. The van der Waals surface area contributed by atoms with Crippen molar-refractivity contribution < 1.29 is 4.52 Å². The van der Waals surface area contributed by atoms with Crippen LogP contribution in [0.2, 0.25) is 0 Å². The molecule has 96 valence electrons. The van der Waals surface area contributed by atoms with Crippen molar-refractivity contribution in [3.63, 3.8) is 0 Å². The van der Waals surface area contributed by atoms with E-state index in [1.165, 1.54) is 0 Å². The van der Waals surface area contributed by atoms with E-state index in [9.17, 15) is 4.79 Å². The van der Waals surface area contributed by atoms with Crippen molar-refractivity contribution in [3.05, 3.63) is 34.6 Å². The lowest BCUT2D eigenvalue weighted by atomic mass is 10.3. The summed E-state index contributed by atoms with van der Waals surface area (Å²) < 4.78 is 8.53. The highest BCUT2D eigenvalue weighted by Gasteiger charge is 2.25. The van der Waals surface area contributed by atoms with Crippen molar-refractivity contribution in [1.29, 1.82) is 0 Å². The van der Waals surface area contributed by atoms with Crippen LogP contribution in [0.5, 0.6) is 0 Å². The van der Waals surface area contributed by atoms with Gasteiger partial charge in [0.1, 0.15) is 6.54 Å². The second-order valence-electron chi connectivity index (χ2n) is 4.70. The Bertz CT molecular complexity index is 591. The van der Waals surface area contributed by atoms with Crippen LogP contribution in [0.15, 0.2) is 21.7 Å². The van der Waals surface area contributed by atoms with Gasteiger partial charge in [0, 0.05) is 24.9 Å². The molecule has 6 heteroatoms. The highest BCUT2D eigenvalue weighted by atomic mass is 16.5. The van der Waals surface area contributed by atoms with Crippen LogP contribution in [0, 0.1) is 0 Å². The van der Waals surface area contributed by atoms with Crippen LogP contribution in [0.1, 0.15) is 43.9 Å². The van der Waals surface area contributed by atoms with E-state index in [-0.39, 0.29) is 5.69 Å². The molecule has 1 fully saturated rings. The molecule has 2 heterocycles. The molecule has 0 amide bonds. The van der Waals surface area contributed by atoms with Crippen LogP contribution in [-0.2, 0) is 13.0 Å². The molecule has 6 nitrogen and oxygen atoms in total. The number of aromatic nitrogens is 4. The minimum absolute atomic E-state index is 0.00717. The average molecular weight is 248 g/mol. The van der Waals surface area contributed by atoms with Crippen LogP contribution in [0.3, 0.4) is 0 Å². The molecule has 0 spiro atoms. The van der Waals surface area contributed by atoms with Gasteiger partial charge in [-0.1, -0.05) is 12.1 Å². The second-order valence-corrected chi connectivity index (χ2v) is 4.70. The van der Waals surface area contributed by atoms with Crippen molar-refractivity contribution in [2.24, 2.45) is 0 Å². The normalized spacial score (nSPS) is 15.2. The molecule has 0 aliphatic heterocycles. The molecular weight excluding hydrogens is 232 g/mol. The van der Waals surface area contributed by atoms with E-state index in [1.54, 1.807) is 15.3 Å². The van der Waals surface area contributed by atoms with Gasteiger partial charge in [-0.2, -0.15) is 4.98 Å². The predicted molar refractivity (Wildman–Crippen MR) is 64.4 cm³/mol. The molecule has 0 saturated heterocycles. The van der Waals surface area contributed by atoms with Crippen molar-refractivity contribution in [3.8, 4) is 0 Å². The van der Waals surface area contributed by atoms with Crippen molar-refractivity contribution in [2.45, 2.75) is 45.2 Å². The minimum Gasteiger partial charge on any atom is -0.337 e. The lowest BCUT2D eigenvalue weighted by Gasteiger charge is -1.96. The van der Waals surface area contributed by atoms with Crippen LogP contribution in [0.4, 0.5) is 0 Å². The summed E-state index contributed by atoms with van der Waals surface area (Å²) >= 11 is 0. The zero-order valence-electron chi connectivity index (χ0n) is 10.4. The molecule has 0 unspecified atom stereocenters. The minimum atomic E-state index is 0.00717. The molecular formula is C12H16N4O2. The zero-order chi connectivity index (χ0) is 12.5. The Kier molecular flexibility index (Phi) is 2.77. The summed E-state index contributed by atoms with van der Waals surface area (Å²) in [5.74, 6) is 1.20. The van der Waals surface area contributed by atoms with Gasteiger partial charge in [0.2, 0.25) is 5.89 Å². The third-order valence-electron chi connectivity index (χ3n) is 3.10. The summed E-state index contributed by atoms with van der Waals surface area (Å²) in [6.45, 7) is 2.42. The highest BCUT2D eigenvalue weighted by Crippen LogP contribution is 2.33. The highest BCUT2D eigenvalue weighted by molar-refractivity contribution is 4.94. The lowest BCUT2D eigenvalue weighted by molar-refractivity contribution is 0.364. The van der Waals surface area contributed by atoms with Crippen LogP contribution in [-0.4, -0.2) is 19.3 Å². The SMILES string of the molecule is CCCc1noc(Cn2ccn(C3CC3)c2=O)n1. The van der Waals surface area contributed by atoms with E-state index < -0.39 is 0 Å². The fourth-order valence-electron chi connectivity index (χ4n) is 2.00. The van der Waals surface area contributed by atoms with E-state index in [2.05, 4.69) is 17.1 Å². The van der Waals surface area contributed by atoms with Gasteiger partial charge in [0.25, 0.3) is 0 Å². The molecule has 0 N–H and O–H groups in total. The Labute approximate surface area is 104 Å². The predicted octanol–water partition coefficient (Wildman–Crippen LogP) is 1.37. The fourth-order valence-corrected chi connectivity index (χ4v) is 2.00. The van der Waals surface area contributed by atoms with E-state index in [1.807, 2.05) is 6.20 Å². The summed E-state index contributed by atoms with van der Waals surface area (Å²) in [5, 5.41) is 3.88. The zero-order valence-corrected chi connectivity index (χ0v) is 10.4. The number of imidazole rings is 1. The first-order valence-electron chi connectivity index (χ1n) is 6.36. The maximum absolute atomic E-state index is 12.0. The average Bonchev–Trinajstić information content (AvgIpc) is 3.01. The van der Waals surface area contributed by atoms with Gasteiger partial charge in [-0.15, -0.1) is 0 Å².